The van der Waals surface area contributed by atoms with Gasteiger partial charge in [-0.2, -0.15) is 9.97 Å². The molecule has 4 aromatic rings. The Morgan fingerprint density at radius 1 is 1.08 bits per heavy atom. The summed E-state index contributed by atoms with van der Waals surface area (Å²) in [6, 6.07) is 6.17. The first-order valence-electron chi connectivity index (χ1n) is 17.3. The van der Waals surface area contributed by atoms with Crippen LogP contribution in [-0.4, -0.2) is 87.6 Å². The van der Waals surface area contributed by atoms with Crippen molar-refractivity contribution in [1.29, 1.82) is 0 Å². The third kappa shape index (κ3) is 4.93. The van der Waals surface area contributed by atoms with Gasteiger partial charge in [-0.1, -0.05) is 13.0 Å². The first kappa shape index (κ1) is 30.2. The highest BCUT2D eigenvalue weighted by molar-refractivity contribution is 6.04. The lowest BCUT2D eigenvalue weighted by molar-refractivity contribution is 0.107. The van der Waals surface area contributed by atoms with E-state index in [0.29, 0.717) is 53.6 Å². The van der Waals surface area contributed by atoms with Gasteiger partial charge in [-0.15, -0.1) is 0 Å². The van der Waals surface area contributed by atoms with E-state index in [1.807, 2.05) is 0 Å². The Morgan fingerprint density at radius 3 is 2.79 bits per heavy atom. The van der Waals surface area contributed by atoms with E-state index in [-0.39, 0.29) is 59.1 Å². The summed E-state index contributed by atoms with van der Waals surface area (Å²) in [5, 5.41) is 15.8. The maximum atomic E-state index is 17.2. The van der Waals surface area contributed by atoms with Crippen molar-refractivity contribution in [2.45, 2.75) is 88.2 Å². The normalized spacial score (nSPS) is 26.9. The summed E-state index contributed by atoms with van der Waals surface area (Å²) in [7, 11) is 0. The Bertz CT molecular complexity index is 1940. The molecule has 48 heavy (non-hydrogen) atoms. The molecule has 3 saturated heterocycles. The molecule has 1 aliphatic carbocycles. The number of hydrogen-bond acceptors (Lipinski definition) is 9. The van der Waals surface area contributed by atoms with Crippen molar-refractivity contribution in [3.63, 3.8) is 0 Å². The molecule has 4 fully saturated rings. The van der Waals surface area contributed by atoms with Crippen molar-refractivity contribution < 1.29 is 27.8 Å². The minimum absolute atomic E-state index is 0.0291. The second-order valence-electron chi connectivity index (χ2n) is 14.3. The average Bonchev–Trinajstić information content (AvgIpc) is 3.77. The van der Waals surface area contributed by atoms with E-state index < -0.39 is 23.3 Å². The van der Waals surface area contributed by atoms with Gasteiger partial charge in [0.25, 0.3) is 0 Å². The highest BCUT2D eigenvalue weighted by atomic mass is 19.1. The zero-order valence-electron chi connectivity index (χ0n) is 26.9. The lowest BCUT2D eigenvalue weighted by Crippen LogP contribution is -2.56. The molecule has 1 saturated carbocycles. The molecule has 5 aliphatic rings. The van der Waals surface area contributed by atoms with Crippen molar-refractivity contribution in [3.8, 4) is 28.8 Å². The molecule has 4 atom stereocenters. The fourth-order valence-corrected chi connectivity index (χ4v) is 8.49. The molecule has 6 heterocycles. The van der Waals surface area contributed by atoms with Gasteiger partial charge in [-0.25, -0.2) is 18.2 Å². The van der Waals surface area contributed by atoms with E-state index in [1.54, 1.807) is 6.07 Å². The summed E-state index contributed by atoms with van der Waals surface area (Å²) in [4.78, 5) is 19.0. The van der Waals surface area contributed by atoms with Crippen LogP contribution in [0.4, 0.5) is 19.0 Å². The summed E-state index contributed by atoms with van der Waals surface area (Å²) >= 11 is 0. The number of halogens is 3. The van der Waals surface area contributed by atoms with Gasteiger partial charge in [0.05, 0.1) is 22.7 Å². The second-order valence-corrected chi connectivity index (χ2v) is 14.3. The Labute approximate surface area is 276 Å². The number of pyridine rings is 1. The molecule has 0 spiro atoms. The number of aromatic nitrogens is 3. The van der Waals surface area contributed by atoms with Crippen LogP contribution >= 0.6 is 0 Å². The number of piperazine rings is 1. The first-order chi connectivity index (χ1) is 23.3. The third-order valence-electron chi connectivity index (χ3n) is 11.1. The monoisotopic (exact) mass is 660 g/mol. The largest absolute Gasteiger partial charge is 0.508 e. The molecule has 2 aromatic heterocycles. The van der Waals surface area contributed by atoms with E-state index in [0.717, 1.165) is 51.6 Å². The molecule has 2 N–H and O–H groups in total. The number of anilines is 1. The van der Waals surface area contributed by atoms with Crippen molar-refractivity contribution in [2.24, 2.45) is 0 Å². The van der Waals surface area contributed by atoms with Crippen molar-refractivity contribution in [1.82, 2.24) is 25.2 Å². The molecule has 2 aromatic carbocycles. The third-order valence-corrected chi connectivity index (χ3v) is 11.1. The average molecular weight is 661 g/mol. The number of nitrogens with one attached hydrogen (secondary N) is 1. The summed E-state index contributed by atoms with van der Waals surface area (Å²) in [5.74, 6) is -0.745. The van der Waals surface area contributed by atoms with E-state index >= 15 is 8.78 Å². The van der Waals surface area contributed by atoms with Crippen molar-refractivity contribution in [3.05, 3.63) is 41.6 Å². The lowest BCUT2D eigenvalue weighted by atomic mass is 9.95. The number of nitrogens with zero attached hydrogens (tertiary/aromatic N) is 5. The van der Waals surface area contributed by atoms with Gasteiger partial charge in [-0.3, -0.25) is 4.90 Å². The number of rotatable bonds is 7. The fourth-order valence-electron chi connectivity index (χ4n) is 8.49. The van der Waals surface area contributed by atoms with Gasteiger partial charge >= 0.3 is 6.01 Å². The molecule has 0 unspecified atom stereocenters. The smallest absolute Gasteiger partial charge is 0.319 e. The Morgan fingerprint density at radius 2 is 1.96 bits per heavy atom. The van der Waals surface area contributed by atoms with Crippen LogP contribution < -0.4 is 19.7 Å². The highest BCUT2D eigenvalue weighted by Gasteiger charge is 2.49. The molecule has 0 radical (unpaired) electrons. The zero-order chi connectivity index (χ0) is 32.7. The Kier molecular flexibility index (Phi) is 7.13. The number of alkyl halides is 1. The second kappa shape index (κ2) is 11.3. The minimum Gasteiger partial charge on any atom is -0.508 e. The maximum Gasteiger partial charge on any atom is 0.319 e. The number of aryl methyl sites for hydroxylation is 1. The molecule has 252 valence electrons. The molecule has 9 rings (SSSR count). The van der Waals surface area contributed by atoms with Gasteiger partial charge in [0.1, 0.15) is 35.6 Å². The van der Waals surface area contributed by atoms with E-state index in [2.05, 4.69) is 22.0 Å². The highest BCUT2D eigenvalue weighted by Crippen LogP contribution is 2.45. The molecule has 9 nitrogen and oxygen atoms in total. The quantitative estimate of drug-likeness (QED) is 0.254. The van der Waals surface area contributed by atoms with E-state index in [9.17, 15) is 9.50 Å². The SMILES string of the molecule is CC[C@@H]1CN2c3nc(OC[C@@]45CCCN4C[C@H](F)C5)nc4c(F)c(-c5cc(O)cc6ccc(F)c(OC7CC7)c56)nc(c34)CC[C@@H]2CN1. The van der Waals surface area contributed by atoms with Crippen LogP contribution in [0.3, 0.4) is 0 Å². The number of fused-ring (bicyclic) bond motifs is 4. The molecule has 0 bridgehead atoms. The van der Waals surface area contributed by atoms with Gasteiger partial charge in [0.2, 0.25) is 0 Å². The number of phenols is 1. The lowest BCUT2D eigenvalue weighted by Gasteiger charge is -2.40. The van der Waals surface area contributed by atoms with Crippen LogP contribution in [-0.2, 0) is 6.42 Å². The predicted octanol–water partition coefficient (Wildman–Crippen LogP) is 5.83. The number of hydrogen-bond donors (Lipinski definition) is 2. The summed E-state index contributed by atoms with van der Waals surface area (Å²) in [6.45, 7) is 5.01. The van der Waals surface area contributed by atoms with Crippen LogP contribution in [0.5, 0.6) is 17.5 Å². The maximum absolute atomic E-state index is 17.2. The minimum atomic E-state index is -0.909. The topological polar surface area (TPSA) is 95.9 Å². The summed E-state index contributed by atoms with van der Waals surface area (Å²) < 4.78 is 59.5. The van der Waals surface area contributed by atoms with E-state index in [4.69, 9.17) is 24.4 Å². The van der Waals surface area contributed by atoms with Gasteiger partial charge in [0.15, 0.2) is 17.4 Å². The van der Waals surface area contributed by atoms with Gasteiger partial charge in [0, 0.05) is 49.1 Å². The van der Waals surface area contributed by atoms with Crippen LogP contribution in [0.15, 0.2) is 24.3 Å². The zero-order valence-corrected chi connectivity index (χ0v) is 26.9. The molecule has 12 heteroatoms. The molecular weight excluding hydrogens is 621 g/mol. The van der Waals surface area contributed by atoms with E-state index in [1.165, 1.54) is 18.2 Å². The predicted molar refractivity (Wildman–Crippen MR) is 176 cm³/mol. The van der Waals surface area contributed by atoms with Crippen LogP contribution in [0.2, 0.25) is 0 Å². The number of aromatic hydroxyl groups is 1. The number of ether oxygens (including phenoxy) is 2. The Balaban J connectivity index is 1.23. The molecule has 0 amide bonds. The number of benzene rings is 2. The standard InChI is InChI=1S/C36H39F3N6O3/c1-2-21-17-45-22(15-40-21)5-9-27-29-32(42-35(43-34(29)45)47-18-36-10-3-11-44(36)16-20(37)14-36)30(39)31(41-27)25-13-23(46)12-19-4-8-26(38)33(28(19)25)48-24-6-7-24/h4,8,12-13,20-22,24,40,46H,2-3,5-7,9-11,14-18H2,1H3/t20-,21-,22-,36+/m1/s1. The fraction of sp³-hybridized carbons (Fsp3) is 0.528. The molecular formula is C36H39F3N6O3. The van der Waals surface area contributed by atoms with Crippen molar-refractivity contribution in [2.75, 3.05) is 37.7 Å². The summed E-state index contributed by atoms with van der Waals surface area (Å²) in [5.41, 5.74) is 0.469. The Hall–Kier alpha value is -3.90. The van der Waals surface area contributed by atoms with Gasteiger partial charge in [-0.05, 0) is 75.1 Å². The van der Waals surface area contributed by atoms with Crippen LogP contribution in [0, 0.1) is 11.6 Å². The van der Waals surface area contributed by atoms with Crippen LogP contribution in [0.25, 0.3) is 32.9 Å². The summed E-state index contributed by atoms with van der Waals surface area (Å²) in [6.07, 6.45) is 5.03. The number of phenolic OH excluding ortho intramolecular Hbond substituents is 1. The van der Waals surface area contributed by atoms with Crippen molar-refractivity contribution >= 4 is 27.5 Å². The molecule has 4 aliphatic heterocycles. The van der Waals surface area contributed by atoms with Gasteiger partial charge < -0.3 is 24.8 Å². The first-order valence-corrected chi connectivity index (χ1v) is 17.3. The van der Waals surface area contributed by atoms with Crippen LogP contribution in [0.1, 0.15) is 57.6 Å².